The summed E-state index contributed by atoms with van der Waals surface area (Å²) in [6, 6.07) is 15.9. The van der Waals surface area contributed by atoms with Crippen molar-refractivity contribution in [2.45, 2.75) is 23.3 Å². The van der Waals surface area contributed by atoms with Crippen molar-refractivity contribution in [3.63, 3.8) is 0 Å². The van der Waals surface area contributed by atoms with Crippen LogP contribution in [0.4, 0.5) is 5.69 Å². The second kappa shape index (κ2) is 9.43. The molecule has 2 heterocycles. The smallest absolute Gasteiger partial charge is 0.338 e. The van der Waals surface area contributed by atoms with Crippen molar-refractivity contribution in [2.24, 2.45) is 0 Å². The second-order valence-corrected chi connectivity index (χ2v) is 8.59. The van der Waals surface area contributed by atoms with Gasteiger partial charge >= 0.3 is 5.97 Å². The summed E-state index contributed by atoms with van der Waals surface area (Å²) in [5.74, 6) is -0.757. The number of nitro groups is 1. The molecular formula is C23H16ClN3O5S. The number of hydrogen-bond donors (Lipinski definition) is 0. The number of esters is 1. The fourth-order valence-electron chi connectivity index (χ4n) is 3.11. The van der Waals surface area contributed by atoms with Crippen LogP contribution < -0.4 is 5.56 Å². The zero-order chi connectivity index (χ0) is 23.5. The molecule has 0 spiro atoms. The first-order valence-corrected chi connectivity index (χ1v) is 10.9. The van der Waals surface area contributed by atoms with Gasteiger partial charge < -0.3 is 4.74 Å². The average molecular weight is 482 g/mol. The number of pyridine rings is 1. The van der Waals surface area contributed by atoms with Crippen LogP contribution in [-0.4, -0.2) is 20.3 Å². The van der Waals surface area contributed by atoms with Crippen LogP contribution in [0.25, 0.3) is 5.65 Å². The van der Waals surface area contributed by atoms with Crippen LogP contribution in [-0.2, 0) is 11.3 Å². The van der Waals surface area contributed by atoms with E-state index in [1.807, 2.05) is 13.0 Å². The van der Waals surface area contributed by atoms with Gasteiger partial charge in [-0.05, 0) is 55.0 Å². The van der Waals surface area contributed by atoms with E-state index in [2.05, 4.69) is 4.98 Å². The van der Waals surface area contributed by atoms with Crippen molar-refractivity contribution in [1.29, 1.82) is 0 Å². The molecule has 0 radical (unpaired) electrons. The lowest BCUT2D eigenvalue weighted by atomic mass is 10.2. The van der Waals surface area contributed by atoms with E-state index in [0.29, 0.717) is 15.6 Å². The fraction of sp³-hybridized carbons (Fsp3) is 0.0870. The SMILES string of the molecule is Cc1cccn2c(=O)cc(COC(=O)c3ccc(Sc4ccc(Cl)cc4)c([N+](=O)[O-])c3)nc12. The van der Waals surface area contributed by atoms with Crippen LogP contribution in [0.5, 0.6) is 0 Å². The third-order valence-electron chi connectivity index (χ3n) is 4.72. The van der Waals surface area contributed by atoms with Gasteiger partial charge in [-0.3, -0.25) is 19.3 Å². The van der Waals surface area contributed by atoms with Gasteiger partial charge in [0.1, 0.15) is 12.3 Å². The minimum Gasteiger partial charge on any atom is -0.456 e. The van der Waals surface area contributed by atoms with Crippen LogP contribution in [0.1, 0.15) is 21.6 Å². The maximum Gasteiger partial charge on any atom is 0.338 e. The Bertz CT molecular complexity index is 1440. The number of hydrogen-bond acceptors (Lipinski definition) is 7. The summed E-state index contributed by atoms with van der Waals surface area (Å²) >= 11 is 7.07. The van der Waals surface area contributed by atoms with E-state index >= 15 is 0 Å². The number of benzene rings is 2. The minimum absolute atomic E-state index is 0.0239. The summed E-state index contributed by atoms with van der Waals surface area (Å²) in [7, 11) is 0. The maximum absolute atomic E-state index is 12.5. The van der Waals surface area contributed by atoms with Gasteiger partial charge in [-0.1, -0.05) is 29.4 Å². The molecule has 0 N–H and O–H groups in total. The average Bonchev–Trinajstić information content (AvgIpc) is 2.80. The van der Waals surface area contributed by atoms with E-state index in [9.17, 15) is 19.7 Å². The van der Waals surface area contributed by atoms with Gasteiger partial charge in [0.15, 0.2) is 0 Å². The highest BCUT2D eigenvalue weighted by Crippen LogP contribution is 2.36. The summed E-state index contributed by atoms with van der Waals surface area (Å²) in [4.78, 5) is 41.4. The molecule has 0 saturated carbocycles. The summed E-state index contributed by atoms with van der Waals surface area (Å²) < 4.78 is 6.67. The summed E-state index contributed by atoms with van der Waals surface area (Å²) in [6.07, 6.45) is 1.61. The number of aryl methyl sites for hydroxylation is 1. The highest BCUT2D eigenvalue weighted by molar-refractivity contribution is 7.99. The van der Waals surface area contributed by atoms with Crippen LogP contribution in [0.2, 0.25) is 5.02 Å². The third kappa shape index (κ3) is 5.05. The number of nitrogens with zero attached hydrogens (tertiary/aromatic N) is 3. The molecule has 2 aromatic heterocycles. The van der Waals surface area contributed by atoms with E-state index < -0.39 is 10.9 Å². The van der Waals surface area contributed by atoms with Gasteiger partial charge in [-0.15, -0.1) is 0 Å². The van der Waals surface area contributed by atoms with Crippen molar-refractivity contribution in [2.75, 3.05) is 0 Å². The Morgan fingerprint density at radius 3 is 2.67 bits per heavy atom. The minimum atomic E-state index is -0.757. The topological polar surface area (TPSA) is 104 Å². The molecule has 2 aromatic carbocycles. The number of rotatable bonds is 6. The van der Waals surface area contributed by atoms with Crippen molar-refractivity contribution in [3.05, 3.63) is 109 Å². The number of aromatic nitrogens is 2. The number of carbonyl (C=O) groups is 1. The first-order valence-electron chi connectivity index (χ1n) is 9.69. The number of carbonyl (C=O) groups excluding carboxylic acids is 1. The molecule has 8 nitrogen and oxygen atoms in total. The molecule has 0 bridgehead atoms. The first kappa shape index (κ1) is 22.5. The fourth-order valence-corrected chi connectivity index (χ4v) is 4.13. The van der Waals surface area contributed by atoms with Crippen LogP contribution in [0, 0.1) is 17.0 Å². The summed E-state index contributed by atoms with van der Waals surface area (Å²) in [5.41, 5.74) is 1.06. The lowest BCUT2D eigenvalue weighted by molar-refractivity contribution is -0.387. The van der Waals surface area contributed by atoms with Gasteiger partial charge in [-0.2, -0.15) is 0 Å². The molecule has 0 aliphatic carbocycles. The van der Waals surface area contributed by atoms with Gasteiger partial charge in [0.25, 0.3) is 11.2 Å². The van der Waals surface area contributed by atoms with Crippen molar-refractivity contribution < 1.29 is 14.5 Å². The molecule has 33 heavy (non-hydrogen) atoms. The van der Waals surface area contributed by atoms with Crippen LogP contribution >= 0.6 is 23.4 Å². The lowest BCUT2D eigenvalue weighted by Crippen LogP contribution is -2.17. The Labute approximate surface area is 197 Å². The van der Waals surface area contributed by atoms with Crippen LogP contribution in [0.15, 0.2) is 81.4 Å². The van der Waals surface area contributed by atoms with E-state index in [1.165, 1.54) is 40.4 Å². The molecule has 0 aliphatic rings. The van der Waals surface area contributed by atoms with E-state index in [-0.39, 0.29) is 29.1 Å². The summed E-state index contributed by atoms with van der Waals surface area (Å²) in [5, 5.41) is 12.1. The van der Waals surface area contributed by atoms with Crippen molar-refractivity contribution >= 4 is 40.7 Å². The lowest BCUT2D eigenvalue weighted by Gasteiger charge is -2.08. The number of halogens is 1. The number of fused-ring (bicyclic) bond motifs is 1. The van der Waals surface area contributed by atoms with E-state index in [0.717, 1.165) is 10.5 Å². The standard InChI is InChI=1S/C23H16ClN3O5S/c1-14-3-2-10-26-21(28)12-17(25-22(14)26)13-32-23(29)15-4-9-20(19(11-15)27(30)31)33-18-7-5-16(24)6-8-18/h2-12H,13H2,1H3. The monoisotopic (exact) mass is 481 g/mol. The van der Waals surface area contributed by atoms with Gasteiger partial charge in [0, 0.05) is 28.2 Å². The van der Waals surface area contributed by atoms with Crippen LogP contribution in [0.3, 0.4) is 0 Å². The molecular weight excluding hydrogens is 466 g/mol. The van der Waals surface area contributed by atoms with Gasteiger partial charge in [0.2, 0.25) is 0 Å². The normalized spacial score (nSPS) is 10.8. The highest BCUT2D eigenvalue weighted by atomic mass is 35.5. The zero-order valence-electron chi connectivity index (χ0n) is 17.2. The Hall–Kier alpha value is -3.69. The molecule has 0 saturated heterocycles. The molecule has 0 aliphatic heterocycles. The maximum atomic E-state index is 12.5. The molecule has 166 valence electrons. The predicted octanol–water partition coefficient (Wildman–Crippen LogP) is 5.07. The van der Waals surface area contributed by atoms with Crippen molar-refractivity contribution in [1.82, 2.24) is 9.38 Å². The molecule has 0 fully saturated rings. The number of nitro benzene ring substituents is 1. The predicted molar refractivity (Wildman–Crippen MR) is 124 cm³/mol. The first-order chi connectivity index (χ1) is 15.8. The molecule has 10 heteroatoms. The quantitative estimate of drug-likeness (QED) is 0.215. The Kier molecular flexibility index (Phi) is 6.43. The number of ether oxygens (including phenoxy) is 1. The molecule has 0 unspecified atom stereocenters. The Morgan fingerprint density at radius 2 is 1.94 bits per heavy atom. The van der Waals surface area contributed by atoms with Gasteiger partial charge in [0.05, 0.1) is 21.1 Å². The zero-order valence-corrected chi connectivity index (χ0v) is 18.8. The largest absolute Gasteiger partial charge is 0.456 e. The molecule has 4 rings (SSSR count). The molecule has 4 aromatic rings. The Morgan fingerprint density at radius 1 is 1.18 bits per heavy atom. The van der Waals surface area contributed by atoms with Crippen molar-refractivity contribution in [3.8, 4) is 0 Å². The summed E-state index contributed by atoms with van der Waals surface area (Å²) in [6.45, 7) is 1.58. The molecule has 0 atom stereocenters. The van der Waals surface area contributed by atoms with E-state index in [1.54, 1.807) is 36.5 Å². The van der Waals surface area contributed by atoms with E-state index in [4.69, 9.17) is 16.3 Å². The third-order valence-corrected chi connectivity index (χ3v) is 6.05. The Balaban J connectivity index is 1.53. The second-order valence-electron chi connectivity index (χ2n) is 7.04. The van der Waals surface area contributed by atoms with Gasteiger partial charge in [-0.25, -0.2) is 9.78 Å². The highest BCUT2D eigenvalue weighted by Gasteiger charge is 2.20. The molecule has 0 amide bonds.